The second-order valence-corrected chi connectivity index (χ2v) is 7.87. The molecule has 4 heterocycles. The molecule has 1 aliphatic heterocycles. The highest BCUT2D eigenvalue weighted by molar-refractivity contribution is 5.95. The van der Waals surface area contributed by atoms with E-state index in [0.717, 1.165) is 6.42 Å². The predicted molar refractivity (Wildman–Crippen MR) is 113 cm³/mol. The van der Waals surface area contributed by atoms with Gasteiger partial charge in [-0.25, -0.2) is 18.7 Å². The van der Waals surface area contributed by atoms with Gasteiger partial charge >= 0.3 is 5.97 Å². The number of hydrogen-bond donors (Lipinski definition) is 1. The van der Waals surface area contributed by atoms with E-state index in [1.54, 1.807) is 12.3 Å². The number of halogens is 1. The number of methoxy groups -OCH3 is 1. The summed E-state index contributed by atoms with van der Waals surface area (Å²) in [6, 6.07) is 2.77. The summed E-state index contributed by atoms with van der Waals surface area (Å²) in [4.78, 5) is 31.7. The predicted octanol–water partition coefficient (Wildman–Crippen LogP) is 1.75. The van der Waals surface area contributed by atoms with Crippen molar-refractivity contribution < 1.29 is 13.9 Å². The molecule has 1 saturated heterocycles. The highest BCUT2D eigenvalue weighted by atomic mass is 19.1. The van der Waals surface area contributed by atoms with Gasteiger partial charge < -0.3 is 19.9 Å². The monoisotopic (exact) mass is 428 g/mol. The van der Waals surface area contributed by atoms with E-state index < -0.39 is 11.8 Å². The number of aromatic nitrogens is 4. The van der Waals surface area contributed by atoms with E-state index in [1.807, 2.05) is 11.8 Å². The van der Waals surface area contributed by atoms with Crippen molar-refractivity contribution in [2.45, 2.75) is 32.4 Å². The summed E-state index contributed by atoms with van der Waals surface area (Å²) in [6.07, 6.45) is 5.86. The summed E-state index contributed by atoms with van der Waals surface area (Å²) < 4.78 is 22.1. The number of fused-ring (bicyclic) bond motifs is 1. The normalized spacial score (nSPS) is 17.3. The lowest BCUT2D eigenvalue weighted by Crippen LogP contribution is -2.33. The Hall–Kier alpha value is -3.27. The van der Waals surface area contributed by atoms with Crippen LogP contribution >= 0.6 is 0 Å². The lowest BCUT2D eigenvalue weighted by atomic mass is 10.1. The van der Waals surface area contributed by atoms with Crippen molar-refractivity contribution in [2.24, 2.45) is 11.7 Å². The van der Waals surface area contributed by atoms with Gasteiger partial charge in [0.25, 0.3) is 5.56 Å². The van der Waals surface area contributed by atoms with Crippen LogP contribution < -0.4 is 16.2 Å². The average molecular weight is 428 g/mol. The summed E-state index contributed by atoms with van der Waals surface area (Å²) in [7, 11) is 1.30. The van der Waals surface area contributed by atoms with Gasteiger partial charge in [-0.05, 0) is 37.4 Å². The molecule has 0 saturated carbocycles. The van der Waals surface area contributed by atoms with Gasteiger partial charge in [0.1, 0.15) is 17.2 Å². The van der Waals surface area contributed by atoms with Crippen LogP contribution in [0.15, 0.2) is 35.5 Å². The fourth-order valence-corrected chi connectivity index (χ4v) is 4.04. The topological polar surface area (TPSA) is 108 Å². The molecule has 164 valence electrons. The van der Waals surface area contributed by atoms with Crippen molar-refractivity contribution in [3.63, 3.8) is 0 Å². The Kier molecular flexibility index (Phi) is 5.73. The molecule has 3 aromatic rings. The smallest absolute Gasteiger partial charge is 0.343 e. The zero-order valence-corrected chi connectivity index (χ0v) is 17.5. The standard InChI is InChI=1S/C21H25FN6O3/c1-13(9-23)11-26-12-14(22)8-15(20(26)29)17-4-3-6-27(17)18-5-7-28-19(25-18)16(10-24-28)21(30)31-2/h5,7-8,10,12-13,17H,3-4,6,9,11,23H2,1-2H3. The summed E-state index contributed by atoms with van der Waals surface area (Å²) in [5.41, 5.74) is 6.47. The number of carbonyl (C=O) groups is 1. The number of nitrogens with zero attached hydrogens (tertiary/aromatic N) is 5. The van der Waals surface area contributed by atoms with E-state index in [9.17, 15) is 14.0 Å². The minimum atomic E-state index is -0.528. The first-order valence-electron chi connectivity index (χ1n) is 10.2. The number of anilines is 1. The highest BCUT2D eigenvalue weighted by Gasteiger charge is 2.31. The SMILES string of the molecule is COC(=O)c1cnn2ccc(N3CCCC3c3cc(F)cn(CC(C)CN)c3=O)nc12. The van der Waals surface area contributed by atoms with Crippen molar-refractivity contribution >= 4 is 17.4 Å². The molecule has 1 aliphatic rings. The molecule has 10 heteroatoms. The maximum Gasteiger partial charge on any atom is 0.343 e. The van der Waals surface area contributed by atoms with E-state index in [-0.39, 0.29) is 23.1 Å². The van der Waals surface area contributed by atoms with Crippen LogP contribution in [0.2, 0.25) is 0 Å². The second-order valence-electron chi connectivity index (χ2n) is 7.87. The third kappa shape index (κ3) is 3.90. The molecule has 2 unspecified atom stereocenters. The molecular weight excluding hydrogens is 403 g/mol. The van der Waals surface area contributed by atoms with E-state index in [0.29, 0.717) is 43.1 Å². The molecule has 0 radical (unpaired) electrons. The zero-order valence-electron chi connectivity index (χ0n) is 17.5. The van der Waals surface area contributed by atoms with Crippen LogP contribution in [0.25, 0.3) is 5.65 Å². The molecular formula is C21H25FN6O3. The van der Waals surface area contributed by atoms with E-state index in [1.165, 1.54) is 34.7 Å². The van der Waals surface area contributed by atoms with Crippen LogP contribution in [0.4, 0.5) is 10.2 Å². The number of carbonyl (C=O) groups excluding carboxylic acids is 1. The van der Waals surface area contributed by atoms with Crippen LogP contribution in [-0.4, -0.2) is 45.3 Å². The second kappa shape index (κ2) is 8.46. The third-order valence-corrected chi connectivity index (χ3v) is 5.66. The first-order valence-corrected chi connectivity index (χ1v) is 10.2. The number of ether oxygens (including phenoxy) is 1. The van der Waals surface area contributed by atoms with Gasteiger partial charge in [0.05, 0.1) is 19.3 Å². The molecule has 0 aliphatic carbocycles. The lowest BCUT2D eigenvalue weighted by Gasteiger charge is -2.26. The number of hydrogen-bond acceptors (Lipinski definition) is 7. The van der Waals surface area contributed by atoms with Crippen LogP contribution in [0, 0.1) is 11.7 Å². The fourth-order valence-electron chi connectivity index (χ4n) is 4.04. The lowest BCUT2D eigenvalue weighted by molar-refractivity contribution is 0.0602. The molecule has 0 bridgehead atoms. The van der Waals surface area contributed by atoms with Gasteiger partial charge in [-0.15, -0.1) is 0 Å². The Balaban J connectivity index is 1.73. The van der Waals surface area contributed by atoms with Crippen LogP contribution in [0.3, 0.4) is 0 Å². The van der Waals surface area contributed by atoms with Gasteiger partial charge in [-0.1, -0.05) is 6.92 Å². The minimum Gasteiger partial charge on any atom is -0.465 e. The maximum atomic E-state index is 14.4. The number of pyridine rings is 1. The molecule has 0 spiro atoms. The Morgan fingerprint density at radius 3 is 3.00 bits per heavy atom. The van der Waals surface area contributed by atoms with Gasteiger partial charge in [0, 0.05) is 31.0 Å². The number of esters is 1. The van der Waals surface area contributed by atoms with Crippen molar-refractivity contribution in [3.05, 3.63) is 58.0 Å². The summed E-state index contributed by atoms with van der Waals surface area (Å²) in [5, 5.41) is 4.13. The van der Waals surface area contributed by atoms with Gasteiger partial charge in [0.15, 0.2) is 5.65 Å². The Labute approximate surface area is 178 Å². The van der Waals surface area contributed by atoms with E-state index >= 15 is 0 Å². The molecule has 9 nitrogen and oxygen atoms in total. The Morgan fingerprint density at radius 2 is 2.26 bits per heavy atom. The zero-order chi connectivity index (χ0) is 22.1. The fraction of sp³-hybridized carbons (Fsp3) is 0.429. The van der Waals surface area contributed by atoms with Gasteiger partial charge in [-0.3, -0.25) is 4.79 Å². The van der Waals surface area contributed by atoms with E-state index in [4.69, 9.17) is 10.5 Å². The minimum absolute atomic E-state index is 0.0507. The number of rotatable bonds is 6. The molecule has 4 rings (SSSR count). The first-order chi connectivity index (χ1) is 14.9. The molecule has 2 atom stereocenters. The Bertz CT molecular complexity index is 1170. The van der Waals surface area contributed by atoms with Crippen molar-refractivity contribution in [1.29, 1.82) is 0 Å². The van der Waals surface area contributed by atoms with Gasteiger partial charge in [0.2, 0.25) is 0 Å². The quantitative estimate of drug-likeness (QED) is 0.596. The first kappa shape index (κ1) is 21.0. The van der Waals surface area contributed by atoms with E-state index in [2.05, 4.69) is 10.1 Å². The maximum absolute atomic E-state index is 14.4. The largest absolute Gasteiger partial charge is 0.465 e. The molecule has 0 amide bonds. The highest BCUT2D eigenvalue weighted by Crippen LogP contribution is 2.34. The number of nitrogens with two attached hydrogens (primary N) is 1. The Morgan fingerprint density at radius 1 is 1.45 bits per heavy atom. The third-order valence-electron chi connectivity index (χ3n) is 5.66. The van der Waals surface area contributed by atoms with Crippen molar-refractivity contribution in [1.82, 2.24) is 19.2 Å². The summed E-state index contributed by atoms with van der Waals surface area (Å²) >= 11 is 0. The van der Waals surface area contributed by atoms with Crippen LogP contribution in [0.5, 0.6) is 0 Å². The van der Waals surface area contributed by atoms with Crippen LogP contribution in [-0.2, 0) is 11.3 Å². The van der Waals surface area contributed by atoms with Crippen molar-refractivity contribution in [2.75, 3.05) is 25.1 Å². The summed E-state index contributed by atoms with van der Waals surface area (Å²) in [5.74, 6) is -0.349. The molecule has 0 aromatic carbocycles. The average Bonchev–Trinajstić information content (AvgIpc) is 3.42. The molecule has 3 aromatic heterocycles. The van der Waals surface area contributed by atoms with Crippen LogP contribution in [0.1, 0.15) is 41.7 Å². The summed E-state index contributed by atoms with van der Waals surface area (Å²) in [6.45, 7) is 3.34. The molecule has 1 fully saturated rings. The molecule has 31 heavy (non-hydrogen) atoms. The molecule has 2 N–H and O–H groups in total. The van der Waals surface area contributed by atoms with Gasteiger partial charge in [-0.2, -0.15) is 5.10 Å². The van der Waals surface area contributed by atoms with Crippen molar-refractivity contribution in [3.8, 4) is 0 Å².